The number of alkyl halides is 3. The van der Waals surface area contributed by atoms with Crippen LogP contribution in [0.3, 0.4) is 0 Å². The summed E-state index contributed by atoms with van der Waals surface area (Å²) in [7, 11) is 0. The summed E-state index contributed by atoms with van der Waals surface area (Å²) >= 11 is 0. The Balaban J connectivity index is 2.41. The van der Waals surface area contributed by atoms with Gasteiger partial charge in [0.05, 0.1) is 5.69 Å². The molecule has 2 aromatic rings. The second kappa shape index (κ2) is 6.83. The molecule has 0 saturated carbocycles. The number of hydrogen-bond acceptors (Lipinski definition) is 5. The Bertz CT molecular complexity index is 812. The Hall–Kier alpha value is -3.05. The number of carbonyl (C=O) groups is 1. The highest BCUT2D eigenvalue weighted by molar-refractivity contribution is 5.72. The largest absolute Gasteiger partial charge is 0.480 e. The Morgan fingerprint density at radius 3 is 2.40 bits per heavy atom. The quantitative estimate of drug-likeness (QED) is 0.557. The molecule has 0 saturated heterocycles. The van der Waals surface area contributed by atoms with Crippen LogP contribution in [0, 0.1) is 17.5 Å². The van der Waals surface area contributed by atoms with Crippen molar-refractivity contribution < 1.29 is 36.2 Å². The Labute approximate surface area is 135 Å². The van der Waals surface area contributed by atoms with Crippen LogP contribution >= 0.6 is 0 Å². The molecule has 25 heavy (non-hydrogen) atoms. The molecule has 0 atom stereocenters. The van der Waals surface area contributed by atoms with Crippen molar-refractivity contribution in [1.82, 2.24) is 9.97 Å². The van der Waals surface area contributed by atoms with Gasteiger partial charge in [0.25, 0.3) is 0 Å². The second-order valence-corrected chi connectivity index (χ2v) is 4.55. The lowest BCUT2D eigenvalue weighted by molar-refractivity contribution is -0.141. The fraction of sp³-hybridized carbons (Fsp3) is 0.154. The van der Waals surface area contributed by atoms with Crippen molar-refractivity contribution in [2.75, 3.05) is 17.2 Å². The first-order valence-electron chi connectivity index (χ1n) is 6.40. The first kappa shape index (κ1) is 18.3. The van der Waals surface area contributed by atoms with Crippen LogP contribution in [0.4, 0.5) is 43.8 Å². The SMILES string of the molecule is O=C(O)CNc1nc(Nc2ccc(F)c(F)c2F)cc(C(F)(F)F)n1. The van der Waals surface area contributed by atoms with Gasteiger partial charge in [0.15, 0.2) is 23.1 Å². The van der Waals surface area contributed by atoms with E-state index in [4.69, 9.17) is 5.11 Å². The number of rotatable bonds is 5. The third kappa shape index (κ3) is 4.49. The molecule has 1 aromatic heterocycles. The molecule has 0 aliphatic rings. The van der Waals surface area contributed by atoms with E-state index in [1.807, 2.05) is 5.32 Å². The van der Waals surface area contributed by atoms with Crippen LogP contribution in [-0.4, -0.2) is 27.6 Å². The van der Waals surface area contributed by atoms with Crippen molar-refractivity contribution in [3.05, 3.63) is 41.3 Å². The summed E-state index contributed by atoms with van der Waals surface area (Å²) in [6.45, 7) is -0.777. The molecule has 0 amide bonds. The van der Waals surface area contributed by atoms with Gasteiger partial charge in [0.1, 0.15) is 12.4 Å². The topological polar surface area (TPSA) is 87.1 Å². The highest BCUT2D eigenvalue weighted by atomic mass is 19.4. The van der Waals surface area contributed by atoms with Crippen LogP contribution in [-0.2, 0) is 11.0 Å². The van der Waals surface area contributed by atoms with Gasteiger partial charge in [-0.3, -0.25) is 4.79 Å². The molecule has 134 valence electrons. The fourth-order valence-corrected chi connectivity index (χ4v) is 1.65. The zero-order valence-corrected chi connectivity index (χ0v) is 12.0. The van der Waals surface area contributed by atoms with Gasteiger partial charge in [-0.2, -0.15) is 18.2 Å². The minimum atomic E-state index is -4.91. The van der Waals surface area contributed by atoms with Crippen molar-refractivity contribution >= 4 is 23.4 Å². The summed E-state index contributed by atoms with van der Waals surface area (Å²) in [6, 6.07) is 1.72. The van der Waals surface area contributed by atoms with Gasteiger partial charge in [-0.25, -0.2) is 18.2 Å². The summed E-state index contributed by atoms with van der Waals surface area (Å²) < 4.78 is 78.2. The average Bonchev–Trinajstić information content (AvgIpc) is 2.52. The number of carboxylic acid groups (broad SMARTS) is 1. The van der Waals surface area contributed by atoms with Gasteiger partial charge < -0.3 is 15.7 Å². The van der Waals surface area contributed by atoms with Gasteiger partial charge >= 0.3 is 12.1 Å². The normalized spacial score (nSPS) is 11.3. The lowest BCUT2D eigenvalue weighted by Crippen LogP contribution is -2.17. The van der Waals surface area contributed by atoms with Crippen molar-refractivity contribution in [1.29, 1.82) is 0 Å². The number of hydrogen-bond donors (Lipinski definition) is 3. The minimum Gasteiger partial charge on any atom is -0.480 e. The van der Waals surface area contributed by atoms with Crippen molar-refractivity contribution in [2.45, 2.75) is 6.18 Å². The van der Waals surface area contributed by atoms with Crippen molar-refractivity contribution in [3.63, 3.8) is 0 Å². The van der Waals surface area contributed by atoms with Crippen LogP contribution in [0.15, 0.2) is 18.2 Å². The molecule has 0 unspecified atom stereocenters. The van der Waals surface area contributed by atoms with Gasteiger partial charge in [-0.05, 0) is 12.1 Å². The van der Waals surface area contributed by atoms with E-state index in [9.17, 15) is 31.1 Å². The van der Waals surface area contributed by atoms with Crippen molar-refractivity contribution in [3.8, 4) is 0 Å². The fourth-order valence-electron chi connectivity index (χ4n) is 1.65. The summed E-state index contributed by atoms with van der Waals surface area (Å²) in [5.74, 6) is -7.66. The molecule has 0 radical (unpaired) electrons. The van der Waals surface area contributed by atoms with E-state index in [0.29, 0.717) is 12.1 Å². The van der Waals surface area contributed by atoms with Crippen LogP contribution in [0.1, 0.15) is 5.69 Å². The maximum absolute atomic E-state index is 13.6. The maximum atomic E-state index is 13.6. The van der Waals surface area contributed by atoms with E-state index < -0.39 is 59.3 Å². The number of carboxylic acids is 1. The average molecular weight is 366 g/mol. The summed E-state index contributed by atoms with van der Waals surface area (Å²) in [5, 5.41) is 12.6. The number of nitrogens with zero attached hydrogens (tertiary/aromatic N) is 2. The smallest absolute Gasteiger partial charge is 0.433 e. The molecule has 2 rings (SSSR count). The molecule has 1 heterocycles. The van der Waals surface area contributed by atoms with E-state index in [0.717, 1.165) is 6.07 Å². The monoisotopic (exact) mass is 366 g/mol. The first-order chi connectivity index (χ1) is 11.6. The zero-order chi connectivity index (χ0) is 18.8. The van der Waals surface area contributed by atoms with Crippen molar-refractivity contribution in [2.24, 2.45) is 0 Å². The van der Waals surface area contributed by atoms with E-state index in [2.05, 4.69) is 15.3 Å². The van der Waals surface area contributed by atoms with Crippen LogP contribution in [0.2, 0.25) is 0 Å². The Kier molecular flexibility index (Phi) is 4.99. The lowest BCUT2D eigenvalue weighted by atomic mass is 10.2. The first-order valence-corrected chi connectivity index (χ1v) is 6.40. The third-order valence-corrected chi connectivity index (χ3v) is 2.71. The third-order valence-electron chi connectivity index (χ3n) is 2.71. The zero-order valence-electron chi connectivity index (χ0n) is 12.0. The molecule has 0 bridgehead atoms. The number of aromatic nitrogens is 2. The molecule has 1 aromatic carbocycles. The molecule has 3 N–H and O–H groups in total. The molecule has 0 aliphatic heterocycles. The number of anilines is 3. The molecular formula is C13H8F6N4O2. The summed E-state index contributed by atoms with van der Waals surface area (Å²) in [6.07, 6.45) is -4.91. The van der Waals surface area contributed by atoms with E-state index in [1.165, 1.54) is 0 Å². The highest BCUT2D eigenvalue weighted by Gasteiger charge is 2.34. The number of halogens is 6. The predicted octanol–water partition coefficient (Wildman–Crippen LogP) is 3.15. The van der Waals surface area contributed by atoms with Gasteiger partial charge in [0.2, 0.25) is 5.95 Å². The van der Waals surface area contributed by atoms with E-state index in [1.54, 1.807) is 0 Å². The predicted molar refractivity (Wildman–Crippen MR) is 72.8 cm³/mol. The van der Waals surface area contributed by atoms with Gasteiger partial charge in [0, 0.05) is 6.07 Å². The minimum absolute atomic E-state index is 0.395. The number of nitrogens with one attached hydrogen (secondary N) is 2. The number of aliphatic carboxylic acids is 1. The molecule has 0 aliphatic carbocycles. The second-order valence-electron chi connectivity index (χ2n) is 4.55. The standard InChI is InChI=1S/C13H8F6N4O2/c14-5-1-2-6(11(16)10(5)15)21-8-3-7(13(17,18)19)22-12(23-8)20-4-9(24)25/h1-3H,4H2,(H,24,25)(H2,20,21,22,23). The molecular weight excluding hydrogens is 358 g/mol. The summed E-state index contributed by atoms with van der Waals surface area (Å²) in [4.78, 5) is 17.1. The molecule has 12 heteroatoms. The summed E-state index contributed by atoms with van der Waals surface area (Å²) in [5.41, 5.74) is -2.13. The molecule has 0 spiro atoms. The van der Waals surface area contributed by atoms with Crippen LogP contribution < -0.4 is 10.6 Å². The molecule has 0 fully saturated rings. The van der Waals surface area contributed by atoms with Gasteiger partial charge in [-0.1, -0.05) is 0 Å². The van der Waals surface area contributed by atoms with E-state index in [-0.39, 0.29) is 0 Å². The highest BCUT2D eigenvalue weighted by Crippen LogP contribution is 2.31. The Morgan fingerprint density at radius 1 is 1.12 bits per heavy atom. The van der Waals surface area contributed by atoms with Crippen LogP contribution in [0.5, 0.6) is 0 Å². The van der Waals surface area contributed by atoms with Crippen LogP contribution in [0.25, 0.3) is 0 Å². The van der Waals surface area contributed by atoms with Gasteiger partial charge in [-0.15, -0.1) is 0 Å². The lowest BCUT2D eigenvalue weighted by Gasteiger charge is -2.13. The molecule has 6 nitrogen and oxygen atoms in total. The Morgan fingerprint density at radius 2 is 1.80 bits per heavy atom. The maximum Gasteiger partial charge on any atom is 0.433 e. The van der Waals surface area contributed by atoms with E-state index >= 15 is 0 Å². The number of benzene rings is 1.